The Kier molecular flexibility index (Phi) is 4.24. The highest BCUT2D eigenvalue weighted by Crippen LogP contribution is 2.14. The van der Waals surface area contributed by atoms with Gasteiger partial charge < -0.3 is 10.1 Å². The van der Waals surface area contributed by atoms with Crippen molar-refractivity contribution >= 4 is 11.7 Å². The molecule has 0 radical (unpaired) electrons. The van der Waals surface area contributed by atoms with E-state index in [-0.39, 0.29) is 5.82 Å². The largest absolute Gasteiger partial charge is 0.411 e. The number of halogens is 3. The van der Waals surface area contributed by atoms with Crippen molar-refractivity contribution in [2.45, 2.75) is 6.18 Å². The quantitative estimate of drug-likeness (QED) is 0.860. The summed E-state index contributed by atoms with van der Waals surface area (Å²) in [5, 5.41) is 2.29. The molecule has 0 aliphatic heterocycles. The van der Waals surface area contributed by atoms with Gasteiger partial charge in [-0.05, 0) is 12.1 Å². The zero-order chi connectivity index (χ0) is 12.0. The molecule has 0 fully saturated rings. The molecular formula is C9H9F3N2O2. The van der Waals surface area contributed by atoms with Crippen molar-refractivity contribution in [2.75, 3.05) is 18.5 Å². The zero-order valence-corrected chi connectivity index (χ0v) is 8.12. The first-order valence-corrected chi connectivity index (χ1v) is 4.33. The Bertz CT molecular complexity index is 340. The van der Waals surface area contributed by atoms with Gasteiger partial charge in [-0.25, -0.2) is 4.98 Å². The smallest absolute Gasteiger partial charge is 0.362 e. The summed E-state index contributed by atoms with van der Waals surface area (Å²) in [6.07, 6.45) is -2.97. The van der Waals surface area contributed by atoms with Crippen LogP contribution in [0.1, 0.15) is 0 Å². The first kappa shape index (κ1) is 12.4. The van der Waals surface area contributed by atoms with Crippen molar-refractivity contribution in [1.29, 1.82) is 0 Å². The van der Waals surface area contributed by atoms with Gasteiger partial charge in [0.05, 0.1) is 0 Å². The fraction of sp³-hybridized carbons (Fsp3) is 0.333. The number of amides is 1. The number of pyridine rings is 1. The normalized spacial score (nSPS) is 11.2. The predicted octanol–water partition coefficient (Wildman–Crippen LogP) is 1.60. The predicted molar refractivity (Wildman–Crippen MR) is 49.7 cm³/mol. The van der Waals surface area contributed by atoms with E-state index in [2.05, 4.69) is 15.0 Å². The highest BCUT2D eigenvalue weighted by atomic mass is 19.4. The summed E-state index contributed by atoms with van der Waals surface area (Å²) in [6, 6.07) is 4.80. The van der Waals surface area contributed by atoms with Crippen molar-refractivity contribution in [3.8, 4) is 0 Å². The van der Waals surface area contributed by atoms with E-state index in [1.165, 1.54) is 12.3 Å². The van der Waals surface area contributed by atoms with Crippen molar-refractivity contribution < 1.29 is 22.7 Å². The van der Waals surface area contributed by atoms with Gasteiger partial charge in [0.15, 0.2) is 0 Å². The number of hydrogen-bond acceptors (Lipinski definition) is 3. The van der Waals surface area contributed by atoms with E-state index in [0.29, 0.717) is 0 Å². The lowest BCUT2D eigenvalue weighted by Gasteiger charge is -2.07. The average molecular weight is 234 g/mol. The second kappa shape index (κ2) is 5.45. The van der Waals surface area contributed by atoms with Gasteiger partial charge in [0.2, 0.25) is 0 Å². The second-order valence-electron chi connectivity index (χ2n) is 2.87. The van der Waals surface area contributed by atoms with Crippen LogP contribution in [0.5, 0.6) is 0 Å². The summed E-state index contributed by atoms with van der Waals surface area (Å²) in [5.41, 5.74) is 0. The molecule has 0 aliphatic carbocycles. The highest BCUT2D eigenvalue weighted by molar-refractivity contribution is 5.90. The molecule has 0 saturated carbocycles. The molecule has 1 aromatic heterocycles. The summed E-state index contributed by atoms with van der Waals surface area (Å²) in [6.45, 7) is -2.10. The number of carbonyl (C=O) groups excluding carboxylic acids is 1. The number of hydrogen-bond donors (Lipinski definition) is 1. The fourth-order valence-electron chi connectivity index (χ4n) is 0.875. The van der Waals surface area contributed by atoms with Crippen LogP contribution in [0, 0.1) is 0 Å². The van der Waals surface area contributed by atoms with Crippen LogP contribution in [0.3, 0.4) is 0 Å². The molecule has 7 heteroatoms. The van der Waals surface area contributed by atoms with Gasteiger partial charge in [-0.3, -0.25) is 4.79 Å². The summed E-state index contributed by atoms with van der Waals surface area (Å²) >= 11 is 0. The molecule has 1 rings (SSSR count). The maximum absolute atomic E-state index is 11.7. The van der Waals surface area contributed by atoms with Crippen LogP contribution in [0.4, 0.5) is 19.0 Å². The van der Waals surface area contributed by atoms with Crippen molar-refractivity contribution in [2.24, 2.45) is 0 Å². The highest BCUT2D eigenvalue weighted by Gasteiger charge is 2.27. The molecule has 0 aromatic carbocycles. The number of ether oxygens (including phenoxy) is 1. The summed E-state index contributed by atoms with van der Waals surface area (Å²) in [4.78, 5) is 14.8. The Balaban J connectivity index is 2.27. The molecule has 0 bridgehead atoms. The third-order valence-electron chi connectivity index (χ3n) is 1.43. The van der Waals surface area contributed by atoms with Gasteiger partial charge in [0.1, 0.15) is 19.0 Å². The number of alkyl halides is 3. The molecule has 0 spiro atoms. The first-order valence-electron chi connectivity index (χ1n) is 4.33. The molecule has 4 nitrogen and oxygen atoms in total. The van der Waals surface area contributed by atoms with Crippen LogP contribution in [0.25, 0.3) is 0 Å². The Morgan fingerprint density at radius 3 is 2.75 bits per heavy atom. The van der Waals surface area contributed by atoms with E-state index in [1.54, 1.807) is 12.1 Å². The summed E-state index contributed by atoms with van der Waals surface area (Å²) in [7, 11) is 0. The third-order valence-corrected chi connectivity index (χ3v) is 1.43. The summed E-state index contributed by atoms with van der Waals surface area (Å²) < 4.78 is 39.2. The molecule has 16 heavy (non-hydrogen) atoms. The van der Waals surface area contributed by atoms with Crippen LogP contribution >= 0.6 is 0 Å². The molecule has 1 amide bonds. The number of rotatable bonds is 4. The molecule has 0 saturated heterocycles. The molecule has 1 aromatic rings. The van der Waals surface area contributed by atoms with E-state index >= 15 is 0 Å². The van der Waals surface area contributed by atoms with Gasteiger partial charge in [-0.15, -0.1) is 0 Å². The van der Waals surface area contributed by atoms with E-state index < -0.39 is 25.3 Å². The third kappa shape index (κ3) is 5.30. The lowest BCUT2D eigenvalue weighted by atomic mass is 10.4. The van der Waals surface area contributed by atoms with E-state index in [1.807, 2.05) is 0 Å². The van der Waals surface area contributed by atoms with E-state index in [0.717, 1.165) is 0 Å². The number of nitrogens with zero attached hydrogens (tertiary/aromatic N) is 1. The molecular weight excluding hydrogens is 225 g/mol. The molecule has 0 aliphatic rings. The van der Waals surface area contributed by atoms with Gasteiger partial charge in [-0.1, -0.05) is 6.07 Å². The number of aromatic nitrogens is 1. The van der Waals surface area contributed by atoms with E-state index in [9.17, 15) is 18.0 Å². The van der Waals surface area contributed by atoms with Crippen molar-refractivity contribution in [3.63, 3.8) is 0 Å². The topological polar surface area (TPSA) is 51.2 Å². The van der Waals surface area contributed by atoms with Crippen molar-refractivity contribution in [3.05, 3.63) is 24.4 Å². The van der Waals surface area contributed by atoms with Gasteiger partial charge in [-0.2, -0.15) is 13.2 Å². The minimum absolute atomic E-state index is 0.267. The van der Waals surface area contributed by atoms with Crippen LogP contribution in [-0.4, -0.2) is 30.3 Å². The standard InChI is InChI=1S/C9H9F3N2O2/c10-9(11,12)6-16-5-8(15)14-7-3-1-2-4-13-7/h1-4H,5-6H2,(H,13,14,15). The monoisotopic (exact) mass is 234 g/mol. The zero-order valence-electron chi connectivity index (χ0n) is 8.12. The van der Waals surface area contributed by atoms with Crippen molar-refractivity contribution in [1.82, 2.24) is 4.98 Å². The van der Waals surface area contributed by atoms with Gasteiger partial charge >= 0.3 is 6.18 Å². The molecule has 0 unspecified atom stereocenters. The van der Waals surface area contributed by atoms with Crippen LogP contribution < -0.4 is 5.32 Å². The number of carbonyl (C=O) groups is 1. The minimum atomic E-state index is -4.43. The molecule has 1 N–H and O–H groups in total. The van der Waals surface area contributed by atoms with Gasteiger partial charge in [0.25, 0.3) is 5.91 Å². The van der Waals surface area contributed by atoms with Crippen LogP contribution in [0.2, 0.25) is 0 Å². The van der Waals surface area contributed by atoms with Crippen LogP contribution in [0.15, 0.2) is 24.4 Å². The number of nitrogens with one attached hydrogen (secondary N) is 1. The Morgan fingerprint density at radius 2 is 2.19 bits per heavy atom. The Hall–Kier alpha value is -1.63. The second-order valence-corrected chi connectivity index (χ2v) is 2.87. The molecule has 1 heterocycles. The Labute approximate surface area is 89.4 Å². The Morgan fingerprint density at radius 1 is 1.44 bits per heavy atom. The lowest BCUT2D eigenvalue weighted by molar-refractivity contribution is -0.174. The summed E-state index contributed by atoms with van der Waals surface area (Å²) in [5.74, 6) is -0.411. The average Bonchev–Trinajstić information content (AvgIpc) is 2.17. The molecule has 88 valence electrons. The van der Waals surface area contributed by atoms with Crippen LogP contribution in [-0.2, 0) is 9.53 Å². The minimum Gasteiger partial charge on any atom is -0.362 e. The van der Waals surface area contributed by atoms with E-state index in [4.69, 9.17) is 0 Å². The molecule has 0 atom stereocenters. The maximum atomic E-state index is 11.7. The SMILES string of the molecule is O=C(COCC(F)(F)F)Nc1ccccn1. The number of anilines is 1. The first-order chi connectivity index (χ1) is 7.47. The van der Waals surface area contributed by atoms with Gasteiger partial charge in [0, 0.05) is 6.20 Å². The fourth-order valence-corrected chi connectivity index (χ4v) is 0.875. The maximum Gasteiger partial charge on any atom is 0.411 e. The lowest BCUT2D eigenvalue weighted by Crippen LogP contribution is -2.24.